The van der Waals surface area contributed by atoms with E-state index in [2.05, 4.69) is 10.6 Å². The number of carbonyl (C=O) groups is 2. The molecule has 0 aliphatic rings. The van der Waals surface area contributed by atoms with Crippen LogP contribution in [0.15, 0.2) is 54.6 Å². The Hall–Kier alpha value is -2.82. The van der Waals surface area contributed by atoms with Gasteiger partial charge >= 0.3 is 6.09 Å². The molecule has 2 aromatic rings. The lowest BCUT2D eigenvalue weighted by atomic mass is 10.1. The summed E-state index contributed by atoms with van der Waals surface area (Å²) in [5.74, 6) is -0.419. The molecule has 0 aliphatic carbocycles. The monoisotopic (exact) mass is 284 g/mol. The van der Waals surface area contributed by atoms with Gasteiger partial charge in [0.05, 0.1) is 0 Å². The van der Waals surface area contributed by atoms with Crippen molar-refractivity contribution < 1.29 is 14.7 Å². The maximum atomic E-state index is 12.4. The number of nitrogens with one attached hydrogen (secondary N) is 2. The zero-order chi connectivity index (χ0) is 15.2. The first kappa shape index (κ1) is 14.6. The molecule has 0 saturated carbocycles. The molecule has 0 saturated heterocycles. The van der Waals surface area contributed by atoms with E-state index in [9.17, 15) is 9.59 Å². The SMILES string of the molecule is Cc1ccccc1NC(=O)C(NC(=O)O)c1ccccc1. The van der Waals surface area contributed by atoms with Crippen LogP contribution in [0.1, 0.15) is 17.2 Å². The summed E-state index contributed by atoms with van der Waals surface area (Å²) >= 11 is 0. The average Bonchev–Trinajstić information content (AvgIpc) is 2.48. The van der Waals surface area contributed by atoms with Gasteiger partial charge in [-0.25, -0.2) is 4.79 Å². The lowest BCUT2D eigenvalue weighted by Crippen LogP contribution is -2.36. The van der Waals surface area contributed by atoms with Gasteiger partial charge in [0, 0.05) is 5.69 Å². The highest BCUT2D eigenvalue weighted by atomic mass is 16.4. The van der Waals surface area contributed by atoms with Crippen LogP contribution >= 0.6 is 0 Å². The maximum Gasteiger partial charge on any atom is 0.405 e. The van der Waals surface area contributed by atoms with Gasteiger partial charge in [-0.2, -0.15) is 0 Å². The van der Waals surface area contributed by atoms with Crippen LogP contribution in [0.4, 0.5) is 10.5 Å². The van der Waals surface area contributed by atoms with Crippen molar-refractivity contribution in [1.29, 1.82) is 0 Å². The van der Waals surface area contributed by atoms with Crippen molar-refractivity contribution in [1.82, 2.24) is 5.32 Å². The zero-order valence-electron chi connectivity index (χ0n) is 11.5. The highest BCUT2D eigenvalue weighted by Crippen LogP contribution is 2.18. The minimum atomic E-state index is -1.25. The normalized spacial score (nSPS) is 11.5. The number of carboxylic acid groups (broad SMARTS) is 1. The summed E-state index contributed by atoms with van der Waals surface area (Å²) < 4.78 is 0. The summed E-state index contributed by atoms with van der Waals surface area (Å²) in [4.78, 5) is 23.3. The fourth-order valence-corrected chi connectivity index (χ4v) is 1.99. The maximum absolute atomic E-state index is 12.4. The number of hydrogen-bond acceptors (Lipinski definition) is 2. The van der Waals surface area contributed by atoms with Crippen LogP contribution in [0, 0.1) is 6.92 Å². The number of para-hydroxylation sites is 1. The Balaban J connectivity index is 2.23. The van der Waals surface area contributed by atoms with E-state index in [0.717, 1.165) is 5.56 Å². The second kappa shape index (κ2) is 6.56. The standard InChI is InChI=1S/C16H16N2O3/c1-11-7-5-6-10-13(11)17-15(19)14(18-16(20)21)12-8-3-2-4-9-12/h2-10,14,18H,1H3,(H,17,19)(H,20,21). The third kappa shape index (κ3) is 3.82. The topological polar surface area (TPSA) is 78.4 Å². The molecule has 2 rings (SSSR count). The van der Waals surface area contributed by atoms with Crippen molar-refractivity contribution in [3.8, 4) is 0 Å². The lowest BCUT2D eigenvalue weighted by molar-refractivity contribution is -0.118. The van der Waals surface area contributed by atoms with Gasteiger partial charge in [-0.05, 0) is 24.1 Å². The average molecular weight is 284 g/mol. The number of anilines is 1. The quantitative estimate of drug-likeness (QED) is 0.807. The first-order chi connectivity index (χ1) is 10.1. The smallest absolute Gasteiger partial charge is 0.405 e. The van der Waals surface area contributed by atoms with Crippen molar-refractivity contribution in [3.05, 3.63) is 65.7 Å². The number of carbonyl (C=O) groups excluding carboxylic acids is 1. The molecule has 2 aromatic carbocycles. The number of rotatable bonds is 4. The van der Waals surface area contributed by atoms with E-state index in [1.54, 1.807) is 36.4 Å². The Bertz CT molecular complexity index is 641. The van der Waals surface area contributed by atoms with Crippen LogP contribution in [0.3, 0.4) is 0 Å². The molecule has 0 bridgehead atoms. The molecule has 3 N–H and O–H groups in total. The summed E-state index contributed by atoms with van der Waals surface area (Å²) in [6.07, 6.45) is -1.25. The van der Waals surface area contributed by atoms with E-state index in [1.165, 1.54) is 0 Å². The number of benzene rings is 2. The van der Waals surface area contributed by atoms with Crippen molar-refractivity contribution in [3.63, 3.8) is 0 Å². The molecule has 1 unspecified atom stereocenters. The predicted molar refractivity (Wildman–Crippen MR) is 80.2 cm³/mol. The van der Waals surface area contributed by atoms with Crippen LogP contribution in [0.2, 0.25) is 0 Å². The summed E-state index contributed by atoms with van der Waals surface area (Å²) in [6.45, 7) is 1.87. The Morgan fingerprint density at radius 2 is 1.62 bits per heavy atom. The van der Waals surface area contributed by atoms with Gasteiger partial charge in [-0.1, -0.05) is 48.5 Å². The fourth-order valence-electron chi connectivity index (χ4n) is 1.99. The van der Waals surface area contributed by atoms with Crippen molar-refractivity contribution in [2.24, 2.45) is 0 Å². The van der Waals surface area contributed by atoms with Gasteiger partial charge in [-0.15, -0.1) is 0 Å². The number of amides is 2. The van der Waals surface area contributed by atoms with E-state index in [-0.39, 0.29) is 0 Å². The van der Waals surface area contributed by atoms with Crippen molar-refractivity contribution in [2.45, 2.75) is 13.0 Å². The van der Waals surface area contributed by atoms with Crippen LogP contribution in [-0.2, 0) is 4.79 Å². The first-order valence-corrected chi connectivity index (χ1v) is 6.49. The molecule has 5 nitrogen and oxygen atoms in total. The fraction of sp³-hybridized carbons (Fsp3) is 0.125. The Labute approximate surface area is 122 Å². The molecule has 0 spiro atoms. The minimum Gasteiger partial charge on any atom is -0.465 e. The Morgan fingerprint density at radius 3 is 2.24 bits per heavy atom. The van der Waals surface area contributed by atoms with Gasteiger partial charge in [0.2, 0.25) is 0 Å². The van der Waals surface area contributed by atoms with Gasteiger partial charge < -0.3 is 15.7 Å². The third-order valence-electron chi connectivity index (χ3n) is 3.07. The second-order valence-electron chi connectivity index (χ2n) is 4.60. The molecule has 5 heteroatoms. The second-order valence-corrected chi connectivity index (χ2v) is 4.60. The van der Waals surface area contributed by atoms with Crippen LogP contribution in [-0.4, -0.2) is 17.1 Å². The summed E-state index contributed by atoms with van der Waals surface area (Å²) in [6, 6.07) is 15.1. The molecule has 21 heavy (non-hydrogen) atoms. The largest absolute Gasteiger partial charge is 0.465 e. The molecule has 1 atom stereocenters. The van der Waals surface area contributed by atoms with E-state index in [1.807, 2.05) is 25.1 Å². The highest BCUT2D eigenvalue weighted by Gasteiger charge is 2.22. The van der Waals surface area contributed by atoms with E-state index >= 15 is 0 Å². The molecular weight excluding hydrogens is 268 g/mol. The Kier molecular flexibility index (Phi) is 4.56. The van der Waals surface area contributed by atoms with Gasteiger partial charge in [0.15, 0.2) is 0 Å². The molecule has 0 heterocycles. The zero-order valence-corrected chi connectivity index (χ0v) is 11.5. The van der Waals surface area contributed by atoms with Crippen LogP contribution < -0.4 is 10.6 Å². The first-order valence-electron chi connectivity index (χ1n) is 6.49. The van der Waals surface area contributed by atoms with E-state index in [0.29, 0.717) is 11.3 Å². The molecule has 0 radical (unpaired) electrons. The van der Waals surface area contributed by atoms with Crippen LogP contribution in [0.25, 0.3) is 0 Å². The molecule has 2 amide bonds. The van der Waals surface area contributed by atoms with Crippen molar-refractivity contribution in [2.75, 3.05) is 5.32 Å². The van der Waals surface area contributed by atoms with E-state index < -0.39 is 18.0 Å². The lowest BCUT2D eigenvalue weighted by Gasteiger charge is -2.18. The van der Waals surface area contributed by atoms with E-state index in [4.69, 9.17) is 5.11 Å². The Morgan fingerprint density at radius 1 is 1.00 bits per heavy atom. The third-order valence-corrected chi connectivity index (χ3v) is 3.07. The van der Waals surface area contributed by atoms with Crippen LogP contribution in [0.5, 0.6) is 0 Å². The van der Waals surface area contributed by atoms with Crippen molar-refractivity contribution >= 4 is 17.7 Å². The number of aryl methyl sites for hydroxylation is 1. The molecular formula is C16H16N2O3. The summed E-state index contributed by atoms with van der Waals surface area (Å²) in [7, 11) is 0. The van der Waals surface area contributed by atoms with Gasteiger partial charge in [0.25, 0.3) is 5.91 Å². The highest BCUT2D eigenvalue weighted by molar-refractivity contribution is 5.97. The number of hydrogen-bond donors (Lipinski definition) is 3. The van der Waals surface area contributed by atoms with Gasteiger partial charge in [0.1, 0.15) is 6.04 Å². The summed E-state index contributed by atoms with van der Waals surface area (Å²) in [5, 5.41) is 13.9. The molecule has 0 fully saturated rings. The molecule has 108 valence electrons. The molecule has 0 aliphatic heterocycles. The minimum absolute atomic E-state index is 0.419. The van der Waals surface area contributed by atoms with Gasteiger partial charge in [-0.3, -0.25) is 4.79 Å². The molecule has 0 aromatic heterocycles. The predicted octanol–water partition coefficient (Wildman–Crippen LogP) is 2.94. The summed E-state index contributed by atoms with van der Waals surface area (Å²) in [5.41, 5.74) is 2.16.